The zero-order valence-electron chi connectivity index (χ0n) is 6.10. The Balaban J connectivity index is 0.000000561. The van der Waals surface area contributed by atoms with E-state index in [0.717, 1.165) is 7.11 Å². The number of hydrogen-bond donors (Lipinski definition) is 1. The minimum Gasteiger partial charge on any atom is -0.400 e. The summed E-state index contributed by atoms with van der Waals surface area (Å²) in [6.07, 6.45) is 0. The molecule has 68 valence electrons. The van der Waals surface area contributed by atoms with Gasteiger partial charge in [0, 0.05) is 7.11 Å². The van der Waals surface area contributed by atoms with Crippen molar-refractivity contribution in [2.45, 2.75) is 5.88 Å². The van der Waals surface area contributed by atoms with Crippen LogP contribution in [0.5, 0.6) is 0 Å². The van der Waals surface area contributed by atoms with Crippen LogP contribution in [0.15, 0.2) is 4.63 Å². The van der Waals surface area contributed by atoms with Gasteiger partial charge < -0.3 is 15.2 Å². The van der Waals surface area contributed by atoms with Crippen LogP contribution in [-0.4, -0.2) is 27.5 Å². The van der Waals surface area contributed by atoms with Crippen LogP contribution in [0.2, 0.25) is 0 Å². The molecule has 1 rings (SSSR count). The molecule has 12 heavy (non-hydrogen) atoms. The summed E-state index contributed by atoms with van der Waals surface area (Å²) < 4.78 is 4.07. The lowest BCUT2D eigenvalue weighted by atomic mass is 10.5. The van der Waals surface area contributed by atoms with E-state index in [-0.39, 0.29) is 11.6 Å². The van der Waals surface area contributed by atoms with Gasteiger partial charge in [-0.05, 0) is 10.1 Å². The van der Waals surface area contributed by atoms with Crippen LogP contribution in [0, 0.1) is 10.1 Å². The lowest BCUT2D eigenvalue weighted by Crippen LogP contribution is -1.91. The molecular formula is C4H6ClN3O4. The summed E-state index contributed by atoms with van der Waals surface area (Å²) in [6, 6.07) is 0. The van der Waals surface area contributed by atoms with Crippen LogP contribution in [0.4, 0.5) is 5.82 Å². The maximum absolute atomic E-state index is 10.0. The smallest absolute Gasteiger partial charge is 0.400 e. The Bertz CT molecular complexity index is 250. The van der Waals surface area contributed by atoms with Gasteiger partial charge in [-0.1, -0.05) is 0 Å². The zero-order valence-corrected chi connectivity index (χ0v) is 6.85. The minimum atomic E-state index is -0.700. The van der Waals surface area contributed by atoms with Gasteiger partial charge in [0.15, 0.2) is 5.16 Å². The highest BCUT2D eigenvalue weighted by atomic mass is 35.5. The number of nitro groups is 1. The number of hydrogen-bond acceptors (Lipinski definition) is 6. The fourth-order valence-corrected chi connectivity index (χ4v) is 0.593. The molecule has 0 bridgehead atoms. The SMILES string of the molecule is CO.O=[N+]([O-])c1nonc1CCl. The minimum absolute atomic E-state index is 0.0478. The van der Waals surface area contributed by atoms with Gasteiger partial charge in [0.2, 0.25) is 5.69 Å². The second-order valence-electron chi connectivity index (χ2n) is 1.43. The van der Waals surface area contributed by atoms with E-state index >= 15 is 0 Å². The first-order valence-corrected chi connectivity index (χ1v) is 3.25. The number of aliphatic hydroxyl groups is 1. The van der Waals surface area contributed by atoms with Gasteiger partial charge in [0.1, 0.15) is 0 Å². The van der Waals surface area contributed by atoms with Gasteiger partial charge in [-0.15, -0.1) is 16.2 Å². The fourth-order valence-electron chi connectivity index (χ4n) is 0.425. The normalized spacial score (nSPS) is 8.58. The topological polar surface area (TPSA) is 102 Å². The predicted octanol–water partition coefficient (Wildman–Crippen LogP) is 0.325. The highest BCUT2D eigenvalue weighted by Gasteiger charge is 2.20. The third kappa shape index (κ3) is 2.44. The molecule has 1 N–H and O–H groups in total. The van der Waals surface area contributed by atoms with Crippen LogP contribution >= 0.6 is 11.6 Å². The van der Waals surface area contributed by atoms with E-state index in [0.29, 0.717) is 0 Å². The molecule has 0 saturated heterocycles. The predicted molar refractivity (Wildman–Crippen MR) is 38.7 cm³/mol. The average Bonchev–Trinajstić information content (AvgIpc) is 2.55. The van der Waals surface area contributed by atoms with Crippen LogP contribution in [-0.2, 0) is 5.88 Å². The molecule has 0 unspecified atom stereocenters. The standard InChI is InChI=1S/C3H2ClN3O3.CH4O/c4-1-2-3(7(8)9)6-10-5-2;1-2/h1H2;2H,1H3. The maximum atomic E-state index is 10.0. The molecule has 1 aromatic rings. The quantitative estimate of drug-likeness (QED) is 0.414. The molecule has 0 atom stereocenters. The van der Waals surface area contributed by atoms with Crippen LogP contribution in [0.1, 0.15) is 5.69 Å². The summed E-state index contributed by atoms with van der Waals surface area (Å²) in [7, 11) is 1.00. The summed E-state index contributed by atoms with van der Waals surface area (Å²) in [5.41, 5.74) is 0.0478. The monoisotopic (exact) mass is 195 g/mol. The summed E-state index contributed by atoms with van der Waals surface area (Å²) >= 11 is 5.25. The van der Waals surface area contributed by atoms with E-state index in [4.69, 9.17) is 16.7 Å². The molecule has 0 aliphatic carbocycles. The Hall–Kier alpha value is -1.21. The molecule has 0 amide bonds. The van der Waals surface area contributed by atoms with Crippen LogP contribution in [0.3, 0.4) is 0 Å². The Morgan fingerprint density at radius 1 is 1.67 bits per heavy atom. The van der Waals surface area contributed by atoms with Crippen molar-refractivity contribution in [2.24, 2.45) is 0 Å². The molecule has 0 aromatic carbocycles. The fraction of sp³-hybridized carbons (Fsp3) is 0.500. The van der Waals surface area contributed by atoms with E-state index in [1.807, 2.05) is 0 Å². The van der Waals surface area contributed by atoms with Crippen LogP contribution < -0.4 is 0 Å². The van der Waals surface area contributed by atoms with Gasteiger partial charge in [0.25, 0.3) is 0 Å². The van der Waals surface area contributed by atoms with Gasteiger partial charge >= 0.3 is 5.82 Å². The number of rotatable bonds is 2. The van der Waals surface area contributed by atoms with E-state index in [1.54, 1.807) is 0 Å². The third-order valence-corrected chi connectivity index (χ3v) is 1.09. The highest BCUT2D eigenvalue weighted by molar-refractivity contribution is 6.17. The zero-order chi connectivity index (χ0) is 9.56. The molecule has 0 fully saturated rings. The van der Waals surface area contributed by atoms with Gasteiger partial charge in [-0.25, -0.2) is 0 Å². The van der Waals surface area contributed by atoms with E-state index in [2.05, 4.69) is 14.9 Å². The van der Waals surface area contributed by atoms with E-state index in [9.17, 15) is 10.1 Å². The Morgan fingerprint density at radius 2 is 2.25 bits per heavy atom. The van der Waals surface area contributed by atoms with Crippen molar-refractivity contribution in [1.82, 2.24) is 10.3 Å². The van der Waals surface area contributed by atoms with Crippen LogP contribution in [0.25, 0.3) is 0 Å². The summed E-state index contributed by atoms with van der Waals surface area (Å²) in [6.45, 7) is 0. The molecule has 0 radical (unpaired) electrons. The molecule has 1 heterocycles. The molecule has 0 aliphatic heterocycles. The maximum Gasteiger partial charge on any atom is 0.439 e. The Kier molecular flexibility index (Phi) is 4.89. The first kappa shape index (κ1) is 10.8. The van der Waals surface area contributed by atoms with Crippen molar-refractivity contribution >= 4 is 17.4 Å². The van der Waals surface area contributed by atoms with Gasteiger partial charge in [0.05, 0.1) is 5.88 Å². The molecule has 0 spiro atoms. The van der Waals surface area contributed by atoms with Crippen molar-refractivity contribution in [3.05, 3.63) is 15.8 Å². The van der Waals surface area contributed by atoms with Gasteiger partial charge in [-0.2, -0.15) is 0 Å². The lowest BCUT2D eigenvalue weighted by molar-refractivity contribution is -0.391. The highest BCUT2D eigenvalue weighted by Crippen LogP contribution is 2.13. The Labute approximate surface area is 72.1 Å². The second kappa shape index (κ2) is 5.44. The summed E-state index contributed by atoms with van der Waals surface area (Å²) in [5, 5.41) is 23.2. The largest absolute Gasteiger partial charge is 0.439 e. The number of nitrogens with zero attached hydrogens (tertiary/aromatic N) is 3. The Morgan fingerprint density at radius 3 is 2.58 bits per heavy atom. The first-order valence-electron chi connectivity index (χ1n) is 2.72. The molecule has 7 nitrogen and oxygen atoms in total. The average molecular weight is 196 g/mol. The van der Waals surface area contributed by atoms with Crippen molar-refractivity contribution < 1.29 is 14.7 Å². The lowest BCUT2D eigenvalue weighted by Gasteiger charge is -1.84. The second-order valence-corrected chi connectivity index (χ2v) is 1.69. The summed E-state index contributed by atoms with van der Waals surface area (Å²) in [5.74, 6) is -0.491. The van der Waals surface area contributed by atoms with Gasteiger partial charge in [-0.3, -0.25) is 0 Å². The van der Waals surface area contributed by atoms with Crippen molar-refractivity contribution in [1.29, 1.82) is 0 Å². The number of alkyl halides is 1. The first-order chi connectivity index (χ1) is 5.75. The molecule has 8 heteroatoms. The molecule has 0 saturated carbocycles. The summed E-state index contributed by atoms with van der Waals surface area (Å²) in [4.78, 5) is 9.33. The third-order valence-electron chi connectivity index (χ3n) is 0.836. The number of aromatic nitrogens is 2. The van der Waals surface area contributed by atoms with Crippen molar-refractivity contribution in [3.63, 3.8) is 0 Å². The number of halogens is 1. The molecular weight excluding hydrogens is 190 g/mol. The van der Waals surface area contributed by atoms with E-state index in [1.165, 1.54) is 0 Å². The number of aliphatic hydroxyl groups excluding tert-OH is 1. The molecule has 0 aliphatic rings. The van der Waals surface area contributed by atoms with E-state index < -0.39 is 10.7 Å². The molecule has 1 aromatic heterocycles. The van der Waals surface area contributed by atoms with Crippen molar-refractivity contribution in [3.8, 4) is 0 Å². The van der Waals surface area contributed by atoms with Crippen molar-refractivity contribution in [2.75, 3.05) is 7.11 Å².